The smallest absolute Gasteiger partial charge is 0.295 e. The summed E-state index contributed by atoms with van der Waals surface area (Å²) in [5.41, 5.74) is 5.65. The van der Waals surface area contributed by atoms with Gasteiger partial charge in [-0.25, -0.2) is 4.98 Å². The van der Waals surface area contributed by atoms with Crippen LogP contribution in [0, 0.1) is 37.8 Å². The highest BCUT2D eigenvalue weighted by Crippen LogP contribution is 2.31. The highest BCUT2D eigenvalue weighted by atomic mass is 16.6. The van der Waals surface area contributed by atoms with Crippen molar-refractivity contribution < 1.29 is 9.72 Å². The lowest BCUT2D eigenvalue weighted by Gasteiger charge is -2.22. The Bertz CT molecular complexity index is 1100. The van der Waals surface area contributed by atoms with E-state index in [1.54, 1.807) is 31.0 Å². The minimum Gasteiger partial charge on any atom is -0.365 e. The number of aromatic nitrogens is 1. The van der Waals surface area contributed by atoms with Crippen molar-refractivity contribution in [2.24, 2.45) is 0 Å². The predicted octanol–water partition coefficient (Wildman–Crippen LogP) is 4.45. The molecule has 3 aromatic rings. The number of benzene rings is 2. The summed E-state index contributed by atoms with van der Waals surface area (Å²) in [6.07, 6.45) is 0. The number of aryl methyl sites for hydroxylation is 4. The van der Waals surface area contributed by atoms with E-state index in [9.17, 15) is 14.9 Å². The summed E-state index contributed by atoms with van der Waals surface area (Å²) in [7, 11) is 1.79. The maximum atomic E-state index is 12.7. The highest BCUT2D eigenvalue weighted by molar-refractivity contribution is 6.00. The Balaban J connectivity index is 1.90. The summed E-state index contributed by atoms with van der Waals surface area (Å²) >= 11 is 0. The third-order valence-electron chi connectivity index (χ3n) is 4.85. The maximum absolute atomic E-state index is 12.7. The molecule has 29 heavy (non-hydrogen) atoms. The Morgan fingerprint density at radius 1 is 1.14 bits per heavy atom. The second-order valence-corrected chi connectivity index (χ2v) is 7.39. The Morgan fingerprint density at radius 3 is 2.41 bits per heavy atom. The third kappa shape index (κ3) is 4.18. The lowest BCUT2D eigenvalue weighted by molar-refractivity contribution is -0.383. The SMILES string of the molecule is Cc1cc(C)c(NC(=O)CN(C)c2cc(C)nc3c([N+](=O)[O-])cccc23)c(C)c1. The molecule has 0 saturated heterocycles. The van der Waals surface area contributed by atoms with E-state index in [-0.39, 0.29) is 18.1 Å². The van der Waals surface area contributed by atoms with Crippen molar-refractivity contribution in [2.45, 2.75) is 27.7 Å². The summed E-state index contributed by atoms with van der Waals surface area (Å²) in [6.45, 7) is 7.85. The summed E-state index contributed by atoms with van der Waals surface area (Å²) in [6, 6.07) is 10.8. The van der Waals surface area contributed by atoms with E-state index in [0.717, 1.165) is 28.1 Å². The van der Waals surface area contributed by atoms with Gasteiger partial charge >= 0.3 is 0 Å². The van der Waals surface area contributed by atoms with Gasteiger partial charge in [0.15, 0.2) is 5.52 Å². The van der Waals surface area contributed by atoms with E-state index < -0.39 is 4.92 Å². The van der Waals surface area contributed by atoms with Gasteiger partial charge in [-0.05, 0) is 44.9 Å². The van der Waals surface area contributed by atoms with Crippen LogP contribution in [0.5, 0.6) is 0 Å². The average molecular weight is 392 g/mol. The number of amides is 1. The minimum absolute atomic E-state index is 0.0452. The molecule has 2 aromatic carbocycles. The standard InChI is InChI=1S/C22H24N4O3/c1-13-9-14(2)21(15(3)10-13)24-20(27)12-25(5)19-11-16(4)23-22-17(19)7-6-8-18(22)26(28)29/h6-11H,12H2,1-5H3,(H,24,27). The summed E-state index contributed by atoms with van der Waals surface area (Å²) in [4.78, 5) is 29.8. The van der Waals surface area contributed by atoms with Crippen molar-refractivity contribution in [1.29, 1.82) is 0 Å². The fourth-order valence-electron chi connectivity index (χ4n) is 3.66. The number of nitro groups is 1. The minimum atomic E-state index is -0.436. The first kappa shape index (κ1) is 20.3. The predicted molar refractivity (Wildman–Crippen MR) is 116 cm³/mol. The number of hydrogen-bond donors (Lipinski definition) is 1. The van der Waals surface area contributed by atoms with Crippen LogP contribution in [0.2, 0.25) is 0 Å². The van der Waals surface area contributed by atoms with Crippen molar-refractivity contribution in [3.8, 4) is 0 Å². The fraction of sp³-hybridized carbons (Fsp3) is 0.273. The molecule has 0 atom stereocenters. The number of rotatable bonds is 5. The van der Waals surface area contributed by atoms with Gasteiger partial charge in [-0.3, -0.25) is 14.9 Å². The Morgan fingerprint density at radius 2 is 1.79 bits per heavy atom. The van der Waals surface area contributed by atoms with Gasteiger partial charge in [-0.15, -0.1) is 0 Å². The first-order valence-corrected chi connectivity index (χ1v) is 9.31. The van der Waals surface area contributed by atoms with Crippen LogP contribution in [0.4, 0.5) is 17.1 Å². The van der Waals surface area contributed by atoms with Crippen molar-refractivity contribution in [3.05, 3.63) is 68.9 Å². The van der Waals surface area contributed by atoms with Crippen molar-refractivity contribution in [1.82, 2.24) is 4.98 Å². The largest absolute Gasteiger partial charge is 0.365 e. The number of likely N-dealkylation sites (N-methyl/N-ethyl adjacent to an activating group) is 1. The summed E-state index contributed by atoms with van der Waals surface area (Å²) < 4.78 is 0. The van der Waals surface area contributed by atoms with E-state index in [1.165, 1.54) is 6.07 Å². The molecule has 7 heteroatoms. The maximum Gasteiger partial charge on any atom is 0.295 e. The second kappa shape index (κ2) is 7.87. The van der Waals surface area contributed by atoms with Gasteiger partial charge in [0.1, 0.15) is 0 Å². The van der Waals surface area contributed by atoms with Crippen molar-refractivity contribution in [2.75, 3.05) is 23.8 Å². The number of nitro benzene ring substituents is 1. The Hall–Kier alpha value is -3.48. The molecule has 0 bridgehead atoms. The van der Waals surface area contributed by atoms with E-state index >= 15 is 0 Å². The normalized spacial score (nSPS) is 10.8. The van der Waals surface area contributed by atoms with E-state index in [0.29, 0.717) is 16.6 Å². The number of para-hydroxylation sites is 1. The zero-order valence-electron chi connectivity index (χ0n) is 17.2. The van der Waals surface area contributed by atoms with Gasteiger partial charge in [-0.1, -0.05) is 29.8 Å². The van der Waals surface area contributed by atoms with Crippen LogP contribution in [0.15, 0.2) is 36.4 Å². The van der Waals surface area contributed by atoms with Gasteiger partial charge in [-0.2, -0.15) is 0 Å². The molecule has 7 nitrogen and oxygen atoms in total. The molecule has 1 amide bonds. The van der Waals surface area contributed by atoms with E-state index in [4.69, 9.17) is 0 Å². The lowest BCUT2D eigenvalue weighted by Crippen LogP contribution is -2.30. The van der Waals surface area contributed by atoms with Gasteiger partial charge in [0.2, 0.25) is 5.91 Å². The molecule has 0 aliphatic rings. The summed E-state index contributed by atoms with van der Waals surface area (Å²) in [5.74, 6) is -0.157. The highest BCUT2D eigenvalue weighted by Gasteiger charge is 2.19. The third-order valence-corrected chi connectivity index (χ3v) is 4.85. The molecule has 0 fully saturated rings. The molecule has 1 N–H and O–H groups in total. The number of anilines is 2. The number of fused-ring (bicyclic) bond motifs is 1. The molecule has 0 aliphatic heterocycles. The number of carbonyl (C=O) groups excluding carboxylic acids is 1. The zero-order valence-corrected chi connectivity index (χ0v) is 17.2. The molecule has 0 unspecified atom stereocenters. The second-order valence-electron chi connectivity index (χ2n) is 7.39. The molecule has 1 aromatic heterocycles. The quantitative estimate of drug-likeness (QED) is 0.512. The van der Waals surface area contributed by atoms with Crippen molar-refractivity contribution in [3.63, 3.8) is 0 Å². The number of hydrogen-bond acceptors (Lipinski definition) is 5. The first-order chi connectivity index (χ1) is 13.7. The number of non-ortho nitro benzene ring substituents is 1. The van der Waals surface area contributed by atoms with Crippen LogP contribution >= 0.6 is 0 Å². The van der Waals surface area contributed by atoms with Crippen LogP contribution in [-0.2, 0) is 4.79 Å². The number of nitrogens with one attached hydrogen (secondary N) is 1. The molecule has 0 radical (unpaired) electrons. The molecule has 0 saturated carbocycles. The fourth-order valence-corrected chi connectivity index (χ4v) is 3.66. The number of carbonyl (C=O) groups is 1. The van der Waals surface area contributed by atoms with E-state index in [1.807, 2.05) is 39.0 Å². The van der Waals surface area contributed by atoms with Gasteiger partial charge < -0.3 is 10.2 Å². The average Bonchev–Trinajstić information content (AvgIpc) is 2.63. The van der Waals surface area contributed by atoms with Crippen LogP contribution in [-0.4, -0.2) is 29.4 Å². The monoisotopic (exact) mass is 392 g/mol. The van der Waals surface area contributed by atoms with Gasteiger partial charge in [0.25, 0.3) is 5.69 Å². The lowest BCUT2D eigenvalue weighted by atomic mass is 10.1. The van der Waals surface area contributed by atoms with Crippen LogP contribution in [0.3, 0.4) is 0 Å². The topological polar surface area (TPSA) is 88.4 Å². The Kier molecular flexibility index (Phi) is 5.50. The van der Waals surface area contributed by atoms with Gasteiger partial charge in [0, 0.05) is 35.6 Å². The van der Waals surface area contributed by atoms with Crippen LogP contribution < -0.4 is 10.2 Å². The number of pyridine rings is 1. The van der Waals surface area contributed by atoms with E-state index in [2.05, 4.69) is 10.3 Å². The first-order valence-electron chi connectivity index (χ1n) is 9.31. The number of nitrogens with zero attached hydrogens (tertiary/aromatic N) is 3. The molecule has 1 heterocycles. The Labute approximate surface area is 169 Å². The molecule has 150 valence electrons. The molecule has 0 spiro atoms. The summed E-state index contributed by atoms with van der Waals surface area (Å²) in [5, 5.41) is 15.0. The molecular weight excluding hydrogens is 368 g/mol. The van der Waals surface area contributed by atoms with Gasteiger partial charge in [0.05, 0.1) is 11.5 Å². The molecule has 3 rings (SSSR count). The molecule has 0 aliphatic carbocycles. The van der Waals surface area contributed by atoms with Crippen LogP contribution in [0.25, 0.3) is 10.9 Å². The zero-order chi connectivity index (χ0) is 21.3. The van der Waals surface area contributed by atoms with Crippen molar-refractivity contribution >= 4 is 33.9 Å². The molecular formula is C22H24N4O3. The van der Waals surface area contributed by atoms with Crippen LogP contribution in [0.1, 0.15) is 22.4 Å².